The second kappa shape index (κ2) is 7.69. The first-order valence-electron chi connectivity index (χ1n) is 9.23. The highest BCUT2D eigenvalue weighted by Gasteiger charge is 2.34. The molecule has 157 valence electrons. The van der Waals surface area contributed by atoms with E-state index in [9.17, 15) is 9.59 Å². The largest absolute Gasteiger partial charge is 0.443 e. The van der Waals surface area contributed by atoms with Gasteiger partial charge in [-0.1, -0.05) is 0 Å². The van der Waals surface area contributed by atoms with Crippen molar-refractivity contribution >= 4 is 23.7 Å². The van der Waals surface area contributed by atoms with Crippen LogP contribution in [0, 0.1) is 6.20 Å². The van der Waals surface area contributed by atoms with Gasteiger partial charge in [0.2, 0.25) is 0 Å². The van der Waals surface area contributed by atoms with Crippen LogP contribution in [0.5, 0.6) is 0 Å². The fourth-order valence-electron chi connectivity index (χ4n) is 2.36. The molecule has 0 saturated carbocycles. The minimum atomic E-state index is -0.923. The number of hydrogen-bond donors (Lipinski definition) is 0. The third-order valence-corrected chi connectivity index (χ3v) is 3.47. The smallest absolute Gasteiger partial charge is 0.425 e. The number of nitrogens with zero attached hydrogens (tertiary/aromatic N) is 6. The van der Waals surface area contributed by atoms with E-state index in [0.29, 0.717) is 21.9 Å². The average molecular weight is 411 g/mol. The van der Waals surface area contributed by atoms with Gasteiger partial charge in [0, 0.05) is 18.6 Å². The highest BCUT2D eigenvalue weighted by molar-refractivity contribution is 6.08. The first-order chi connectivity index (χ1) is 13.9. The lowest BCUT2D eigenvalue weighted by Gasteiger charge is -2.28. The Balaban J connectivity index is 2.01. The number of ether oxygens (including phenoxy) is 2. The molecule has 0 fully saturated rings. The molecule has 0 aliphatic rings. The molecule has 0 aliphatic carbocycles. The van der Waals surface area contributed by atoms with Crippen molar-refractivity contribution in [2.45, 2.75) is 52.7 Å². The summed E-state index contributed by atoms with van der Waals surface area (Å²) in [6.07, 6.45) is 8.73. The van der Waals surface area contributed by atoms with Crippen molar-refractivity contribution in [3.63, 3.8) is 0 Å². The van der Waals surface area contributed by atoms with Crippen molar-refractivity contribution < 1.29 is 19.1 Å². The van der Waals surface area contributed by atoms with Crippen LogP contribution in [0.15, 0.2) is 31.0 Å². The van der Waals surface area contributed by atoms with Crippen LogP contribution in [0.1, 0.15) is 41.5 Å². The molecule has 0 atom stereocenters. The van der Waals surface area contributed by atoms with Crippen molar-refractivity contribution in [1.82, 2.24) is 24.3 Å². The summed E-state index contributed by atoms with van der Waals surface area (Å²) in [5.74, 6) is -0.0523. The van der Waals surface area contributed by atoms with Gasteiger partial charge in [-0.3, -0.25) is 4.98 Å². The lowest BCUT2D eigenvalue weighted by atomic mass is 10.2. The number of carbonyl (C=O) groups is 2. The summed E-state index contributed by atoms with van der Waals surface area (Å²) in [6, 6.07) is 0. The van der Waals surface area contributed by atoms with Gasteiger partial charge in [0.15, 0.2) is 11.5 Å². The summed E-state index contributed by atoms with van der Waals surface area (Å²) in [5.41, 5.74) is -0.344. The maximum absolute atomic E-state index is 12.8. The van der Waals surface area contributed by atoms with Crippen molar-refractivity contribution in [2.24, 2.45) is 0 Å². The van der Waals surface area contributed by atoms with Crippen molar-refractivity contribution in [1.29, 1.82) is 0 Å². The maximum atomic E-state index is 12.8. The van der Waals surface area contributed by atoms with Crippen LogP contribution < -0.4 is 4.90 Å². The van der Waals surface area contributed by atoms with Gasteiger partial charge >= 0.3 is 12.2 Å². The third kappa shape index (κ3) is 5.07. The Labute approximate surface area is 173 Å². The lowest BCUT2D eigenvalue weighted by molar-refractivity contribution is 0.0429. The summed E-state index contributed by atoms with van der Waals surface area (Å²) in [7, 11) is 0. The van der Waals surface area contributed by atoms with E-state index in [1.165, 1.54) is 12.4 Å². The van der Waals surface area contributed by atoms with Gasteiger partial charge in [-0.15, -0.1) is 0 Å². The quantitative estimate of drug-likeness (QED) is 0.628. The van der Waals surface area contributed by atoms with Crippen molar-refractivity contribution in [3.05, 3.63) is 37.2 Å². The highest BCUT2D eigenvalue weighted by atomic mass is 16.6. The molecule has 0 bridgehead atoms. The molecule has 10 nitrogen and oxygen atoms in total. The fraction of sp³-hybridized carbons (Fsp3) is 0.400. The van der Waals surface area contributed by atoms with Crippen molar-refractivity contribution in [3.8, 4) is 11.4 Å². The molecule has 0 N–H and O–H groups in total. The zero-order valence-corrected chi connectivity index (χ0v) is 17.7. The van der Waals surface area contributed by atoms with Crippen LogP contribution in [-0.4, -0.2) is 47.7 Å². The average Bonchev–Trinajstić information content (AvgIpc) is 3.06. The van der Waals surface area contributed by atoms with E-state index in [1.807, 2.05) is 0 Å². The predicted octanol–water partition coefficient (Wildman–Crippen LogP) is 3.66. The van der Waals surface area contributed by atoms with Gasteiger partial charge < -0.3 is 13.9 Å². The van der Waals surface area contributed by atoms with Gasteiger partial charge in [-0.2, -0.15) is 4.90 Å². The zero-order valence-electron chi connectivity index (χ0n) is 17.7. The number of carbonyl (C=O) groups excluding carboxylic acids is 2. The predicted molar refractivity (Wildman–Crippen MR) is 108 cm³/mol. The molecule has 0 aromatic carbocycles. The van der Waals surface area contributed by atoms with Gasteiger partial charge in [0.05, 0.1) is 12.4 Å². The number of imidazole rings is 1. The second-order valence-electron chi connectivity index (χ2n) is 8.45. The molecule has 10 heteroatoms. The second-order valence-corrected chi connectivity index (χ2v) is 8.45. The van der Waals surface area contributed by atoms with E-state index in [0.717, 1.165) is 0 Å². The highest BCUT2D eigenvalue weighted by Crippen LogP contribution is 2.22. The molecule has 0 aliphatic heterocycles. The molecule has 30 heavy (non-hydrogen) atoms. The fourth-order valence-corrected chi connectivity index (χ4v) is 2.36. The van der Waals surface area contributed by atoms with Gasteiger partial charge in [0.1, 0.15) is 28.8 Å². The van der Waals surface area contributed by atoms with Crippen molar-refractivity contribution in [2.75, 3.05) is 4.90 Å². The number of rotatable bonds is 2. The third-order valence-electron chi connectivity index (χ3n) is 3.47. The van der Waals surface area contributed by atoms with Gasteiger partial charge in [0.25, 0.3) is 0 Å². The SMILES string of the molecule is CC(C)(C)OC(=O)N(C(=O)OC(C)(C)C)c1cncc(-c2cn3ccnc3[c]n2)n1. The topological polar surface area (TPSA) is 112 Å². The Morgan fingerprint density at radius 3 is 2.23 bits per heavy atom. The summed E-state index contributed by atoms with van der Waals surface area (Å²) >= 11 is 0. The van der Waals surface area contributed by atoms with E-state index >= 15 is 0 Å². The summed E-state index contributed by atoms with van der Waals surface area (Å²) in [6.45, 7) is 10.2. The Morgan fingerprint density at radius 2 is 1.63 bits per heavy atom. The summed E-state index contributed by atoms with van der Waals surface area (Å²) in [4.78, 5) is 43.0. The molecular weight excluding hydrogens is 388 g/mol. The van der Waals surface area contributed by atoms with E-state index < -0.39 is 23.4 Å². The van der Waals surface area contributed by atoms with Crippen LogP contribution in [0.3, 0.4) is 0 Å². The molecule has 0 unspecified atom stereocenters. The summed E-state index contributed by atoms with van der Waals surface area (Å²) in [5, 5.41) is 0. The van der Waals surface area contributed by atoms with Gasteiger partial charge in [-0.25, -0.2) is 24.5 Å². The molecule has 0 saturated heterocycles. The van der Waals surface area contributed by atoms with Crippen LogP contribution in [0.2, 0.25) is 0 Å². The number of fused-ring (bicyclic) bond motifs is 1. The zero-order chi connectivity index (χ0) is 22.1. The normalized spacial score (nSPS) is 11.9. The Kier molecular flexibility index (Phi) is 5.43. The van der Waals surface area contributed by atoms with Crippen LogP contribution in [-0.2, 0) is 9.47 Å². The van der Waals surface area contributed by atoms with E-state index in [-0.39, 0.29) is 5.82 Å². The standard InChI is InChI=1S/C20H23N6O4/c1-19(2,3)29-17(27)26(18(28)30-20(4,5)6)16-10-21-9-13(24-16)14-12-25-8-7-22-15(25)11-23-14/h7-10,12H,1-6H3. The number of hydrogen-bond acceptors (Lipinski definition) is 8. The number of imide groups is 1. The minimum Gasteiger partial charge on any atom is -0.443 e. The lowest BCUT2D eigenvalue weighted by Crippen LogP contribution is -2.44. The van der Waals surface area contributed by atoms with Gasteiger partial charge in [-0.05, 0) is 41.5 Å². The molecule has 1 radical (unpaired) electrons. The molecule has 3 heterocycles. The van der Waals surface area contributed by atoms with Crippen LogP contribution in [0.25, 0.3) is 17.0 Å². The van der Waals surface area contributed by atoms with E-state index in [4.69, 9.17) is 9.47 Å². The molecule has 3 aromatic rings. The number of amides is 2. The number of anilines is 1. The monoisotopic (exact) mass is 411 g/mol. The number of aromatic nitrogens is 5. The Bertz CT molecular complexity index is 1050. The molecule has 3 rings (SSSR count). The van der Waals surface area contributed by atoms with E-state index in [1.54, 1.807) is 64.5 Å². The molecule has 0 spiro atoms. The maximum Gasteiger partial charge on any atom is 0.425 e. The van der Waals surface area contributed by atoms with Crippen LogP contribution >= 0.6 is 0 Å². The molecule has 3 aromatic heterocycles. The molecular formula is C20H23N6O4. The minimum absolute atomic E-state index is 0.0523. The first-order valence-corrected chi connectivity index (χ1v) is 9.23. The summed E-state index contributed by atoms with van der Waals surface area (Å²) < 4.78 is 12.5. The Hall–Kier alpha value is -3.56. The van der Waals surface area contributed by atoms with Crippen LogP contribution in [0.4, 0.5) is 15.4 Å². The Morgan fingerprint density at radius 1 is 1.00 bits per heavy atom. The molecule has 2 amide bonds. The van der Waals surface area contributed by atoms with E-state index in [2.05, 4.69) is 26.1 Å². The first kappa shape index (κ1) is 21.2.